The molecule has 0 fully saturated rings. The van der Waals surface area contributed by atoms with E-state index in [1.165, 1.54) is 13.2 Å². The van der Waals surface area contributed by atoms with Gasteiger partial charge in [0.1, 0.15) is 0 Å². The van der Waals surface area contributed by atoms with E-state index >= 15 is 0 Å². The summed E-state index contributed by atoms with van der Waals surface area (Å²) >= 11 is 0. The number of pyridine rings is 1. The Hall–Kier alpha value is -2.57. The highest BCUT2D eigenvalue weighted by molar-refractivity contribution is 5.86. The maximum atomic E-state index is 11.0. The van der Waals surface area contributed by atoms with Gasteiger partial charge in [0.15, 0.2) is 0 Å². The van der Waals surface area contributed by atoms with E-state index in [0.29, 0.717) is 0 Å². The van der Waals surface area contributed by atoms with Crippen LogP contribution in [0.15, 0.2) is 54.9 Å². The number of hydrogen-bond acceptors (Lipinski definition) is 3. The standard InChI is InChI=1S/C17H13NO2.ClH/c1-20-17(19)10-9-16-11-15(12-18-13-16)8-7-14-5-3-2-4-6-14;/h2-6,9-13H,1H3;1H. The maximum Gasteiger partial charge on any atom is 0.330 e. The van der Waals surface area contributed by atoms with Crippen LogP contribution >= 0.6 is 12.4 Å². The largest absolute Gasteiger partial charge is 0.466 e. The number of benzene rings is 1. The fourth-order valence-electron chi connectivity index (χ4n) is 1.52. The normalized spacial score (nSPS) is 9.38. The van der Waals surface area contributed by atoms with Crippen molar-refractivity contribution in [3.63, 3.8) is 0 Å². The van der Waals surface area contributed by atoms with Gasteiger partial charge in [0.05, 0.1) is 7.11 Å². The molecule has 0 unspecified atom stereocenters. The van der Waals surface area contributed by atoms with E-state index < -0.39 is 5.97 Å². The third-order valence-electron chi connectivity index (χ3n) is 2.50. The predicted octanol–water partition coefficient (Wildman–Crippen LogP) is 3.09. The lowest BCUT2D eigenvalue weighted by molar-refractivity contribution is -0.134. The first-order valence-corrected chi connectivity index (χ1v) is 6.06. The number of esters is 1. The van der Waals surface area contributed by atoms with E-state index in [9.17, 15) is 4.79 Å². The second kappa shape index (κ2) is 8.57. The van der Waals surface area contributed by atoms with Crippen molar-refractivity contribution in [1.29, 1.82) is 0 Å². The highest BCUT2D eigenvalue weighted by atomic mass is 35.5. The molecule has 0 aliphatic heterocycles. The van der Waals surface area contributed by atoms with Gasteiger partial charge < -0.3 is 4.74 Å². The van der Waals surface area contributed by atoms with E-state index in [2.05, 4.69) is 21.6 Å². The number of methoxy groups -OCH3 is 1. The minimum absolute atomic E-state index is 0. The molecule has 21 heavy (non-hydrogen) atoms. The summed E-state index contributed by atoms with van der Waals surface area (Å²) in [4.78, 5) is 15.1. The van der Waals surface area contributed by atoms with Gasteiger partial charge in [0, 0.05) is 29.6 Å². The SMILES string of the molecule is COC(=O)C=Cc1cncc(C#Cc2ccccc2)c1.Cl. The molecular weight excluding hydrogens is 286 g/mol. The zero-order valence-electron chi connectivity index (χ0n) is 11.4. The van der Waals surface area contributed by atoms with Crippen LogP contribution in [0.2, 0.25) is 0 Å². The summed E-state index contributed by atoms with van der Waals surface area (Å²) in [6.45, 7) is 0. The molecule has 0 bridgehead atoms. The Bertz CT molecular complexity index is 685. The lowest BCUT2D eigenvalue weighted by Gasteiger charge is -1.94. The number of hydrogen-bond donors (Lipinski definition) is 0. The molecule has 1 aromatic heterocycles. The van der Waals surface area contributed by atoms with Gasteiger partial charge in [-0.15, -0.1) is 12.4 Å². The lowest BCUT2D eigenvalue weighted by atomic mass is 10.1. The first-order chi connectivity index (χ1) is 9.78. The molecule has 1 heterocycles. The quantitative estimate of drug-likeness (QED) is 0.486. The summed E-state index contributed by atoms with van der Waals surface area (Å²) in [7, 11) is 1.34. The minimum Gasteiger partial charge on any atom is -0.466 e. The monoisotopic (exact) mass is 299 g/mol. The summed E-state index contributed by atoms with van der Waals surface area (Å²) < 4.78 is 4.53. The van der Waals surface area contributed by atoms with Crippen LogP contribution < -0.4 is 0 Å². The van der Waals surface area contributed by atoms with Crippen LogP contribution in [0.4, 0.5) is 0 Å². The molecule has 0 N–H and O–H groups in total. The highest BCUT2D eigenvalue weighted by Crippen LogP contribution is 2.04. The first-order valence-electron chi connectivity index (χ1n) is 6.06. The minimum atomic E-state index is -0.397. The summed E-state index contributed by atoms with van der Waals surface area (Å²) in [5, 5.41) is 0. The summed E-state index contributed by atoms with van der Waals surface area (Å²) in [6.07, 6.45) is 6.34. The molecular formula is C17H14ClNO2. The van der Waals surface area contributed by atoms with Crippen molar-refractivity contribution in [1.82, 2.24) is 4.98 Å². The topological polar surface area (TPSA) is 39.2 Å². The van der Waals surface area contributed by atoms with Crippen LogP contribution in [0.3, 0.4) is 0 Å². The van der Waals surface area contributed by atoms with Crippen LogP contribution in [0.1, 0.15) is 16.7 Å². The van der Waals surface area contributed by atoms with Crippen LogP contribution in [0, 0.1) is 11.8 Å². The van der Waals surface area contributed by atoms with Crippen molar-refractivity contribution in [2.75, 3.05) is 7.11 Å². The van der Waals surface area contributed by atoms with Crippen molar-refractivity contribution < 1.29 is 9.53 Å². The molecule has 0 aliphatic carbocycles. The number of aromatic nitrogens is 1. The summed E-state index contributed by atoms with van der Waals surface area (Å²) in [5.74, 6) is 5.70. The lowest BCUT2D eigenvalue weighted by Crippen LogP contribution is -1.93. The average Bonchev–Trinajstić information content (AvgIpc) is 2.52. The van der Waals surface area contributed by atoms with Crippen LogP contribution in [0.5, 0.6) is 0 Å². The van der Waals surface area contributed by atoms with Crippen molar-refractivity contribution >= 4 is 24.5 Å². The number of halogens is 1. The van der Waals surface area contributed by atoms with Gasteiger partial charge in [-0.25, -0.2) is 4.79 Å². The van der Waals surface area contributed by atoms with Crippen molar-refractivity contribution in [3.8, 4) is 11.8 Å². The molecule has 0 amide bonds. The van der Waals surface area contributed by atoms with E-state index in [1.807, 2.05) is 36.4 Å². The van der Waals surface area contributed by atoms with Gasteiger partial charge in [0.25, 0.3) is 0 Å². The zero-order valence-corrected chi connectivity index (χ0v) is 12.3. The predicted molar refractivity (Wildman–Crippen MR) is 85.0 cm³/mol. The molecule has 1 aromatic carbocycles. The van der Waals surface area contributed by atoms with Crippen molar-refractivity contribution in [3.05, 3.63) is 71.6 Å². The Kier molecular flexibility index (Phi) is 6.73. The molecule has 0 spiro atoms. The second-order valence-electron chi connectivity index (χ2n) is 3.98. The molecule has 2 aromatic rings. The average molecular weight is 300 g/mol. The molecule has 0 atom stereocenters. The van der Waals surface area contributed by atoms with Gasteiger partial charge in [0.2, 0.25) is 0 Å². The third kappa shape index (κ3) is 5.52. The molecule has 3 nitrogen and oxygen atoms in total. The van der Waals surface area contributed by atoms with E-state index in [-0.39, 0.29) is 12.4 Å². The second-order valence-corrected chi connectivity index (χ2v) is 3.98. The molecule has 0 saturated carbocycles. The zero-order chi connectivity index (χ0) is 14.2. The third-order valence-corrected chi connectivity index (χ3v) is 2.50. The number of ether oxygens (including phenoxy) is 1. The molecule has 106 valence electrons. The van der Waals surface area contributed by atoms with E-state index in [0.717, 1.165) is 16.7 Å². The summed E-state index contributed by atoms with van der Waals surface area (Å²) in [5.41, 5.74) is 2.54. The van der Waals surface area contributed by atoms with E-state index in [1.54, 1.807) is 18.5 Å². The Morgan fingerprint density at radius 2 is 1.86 bits per heavy atom. The molecule has 4 heteroatoms. The van der Waals surface area contributed by atoms with Crippen LogP contribution in [0.25, 0.3) is 6.08 Å². The molecule has 0 radical (unpaired) electrons. The van der Waals surface area contributed by atoms with Crippen LogP contribution in [-0.2, 0) is 9.53 Å². The summed E-state index contributed by atoms with van der Waals surface area (Å²) in [6, 6.07) is 11.6. The number of nitrogens with zero attached hydrogens (tertiary/aromatic N) is 1. The van der Waals surface area contributed by atoms with E-state index in [4.69, 9.17) is 0 Å². The molecule has 2 rings (SSSR count). The Morgan fingerprint density at radius 3 is 2.57 bits per heavy atom. The Balaban J connectivity index is 0.00000220. The fraction of sp³-hybridized carbons (Fsp3) is 0.0588. The van der Waals surface area contributed by atoms with Gasteiger partial charge in [-0.2, -0.15) is 0 Å². The fourth-order valence-corrected chi connectivity index (χ4v) is 1.52. The van der Waals surface area contributed by atoms with Crippen molar-refractivity contribution in [2.24, 2.45) is 0 Å². The number of carbonyl (C=O) groups is 1. The van der Waals surface area contributed by atoms with Gasteiger partial charge in [-0.3, -0.25) is 4.98 Å². The number of rotatable bonds is 2. The smallest absolute Gasteiger partial charge is 0.330 e. The Morgan fingerprint density at radius 1 is 1.14 bits per heavy atom. The van der Waals surface area contributed by atoms with Crippen LogP contribution in [-0.4, -0.2) is 18.1 Å². The number of carbonyl (C=O) groups excluding carboxylic acids is 1. The molecule has 0 saturated heterocycles. The van der Waals surface area contributed by atoms with Gasteiger partial charge >= 0.3 is 5.97 Å². The van der Waals surface area contributed by atoms with Crippen molar-refractivity contribution in [2.45, 2.75) is 0 Å². The van der Waals surface area contributed by atoms with Gasteiger partial charge in [-0.1, -0.05) is 30.0 Å². The molecule has 0 aliphatic rings. The Labute approximate surface area is 130 Å². The van der Waals surface area contributed by atoms with Gasteiger partial charge in [-0.05, 0) is 29.8 Å². The highest BCUT2D eigenvalue weighted by Gasteiger charge is 1.94. The first kappa shape index (κ1) is 16.5. The maximum absolute atomic E-state index is 11.0.